The molecule has 0 unspecified atom stereocenters. The van der Waals surface area contributed by atoms with Crippen molar-refractivity contribution in [2.75, 3.05) is 11.3 Å². The lowest BCUT2D eigenvalue weighted by Crippen LogP contribution is -2.20. The molecule has 2 aromatic rings. The Morgan fingerprint density at radius 1 is 1.09 bits per heavy atom. The number of sulfonamides is 1. The van der Waals surface area contributed by atoms with Crippen molar-refractivity contribution in [3.8, 4) is 5.75 Å². The molecule has 0 aliphatic rings. The number of benzene rings is 2. The predicted octanol–water partition coefficient (Wildman–Crippen LogP) is 2.00. The first-order chi connectivity index (χ1) is 10.4. The fraction of sp³-hybridized carbons (Fsp3) is 0.0714. The molecule has 0 heterocycles. The summed E-state index contributed by atoms with van der Waals surface area (Å²) in [6.07, 6.45) is 0. The number of hydrogen-bond donors (Lipinski definition) is 2. The van der Waals surface area contributed by atoms with Gasteiger partial charge in [0.25, 0.3) is 15.9 Å². The van der Waals surface area contributed by atoms with Gasteiger partial charge in [0.2, 0.25) is 0 Å². The van der Waals surface area contributed by atoms with Gasteiger partial charge in [-0.15, -0.1) is 0 Å². The van der Waals surface area contributed by atoms with Gasteiger partial charge in [0.1, 0.15) is 5.75 Å². The first kappa shape index (κ1) is 16.1. The normalized spacial score (nSPS) is 11.0. The zero-order valence-electron chi connectivity index (χ0n) is 11.3. The average Bonchev–Trinajstić information content (AvgIpc) is 2.46. The summed E-state index contributed by atoms with van der Waals surface area (Å²) in [7, 11) is -3.69. The molecule has 0 aliphatic carbocycles. The third-order valence-corrected chi connectivity index (χ3v) is 4.26. The molecular weight excluding hydrogens is 328 g/mol. The van der Waals surface area contributed by atoms with Gasteiger partial charge in [0.05, 0.1) is 4.90 Å². The highest BCUT2D eigenvalue weighted by Gasteiger charge is 2.13. The van der Waals surface area contributed by atoms with E-state index in [9.17, 15) is 13.2 Å². The van der Waals surface area contributed by atoms with Gasteiger partial charge in [-0.2, -0.15) is 0 Å². The maximum Gasteiger partial charge on any atom is 0.261 e. The zero-order chi connectivity index (χ0) is 16.2. The molecule has 2 aromatic carbocycles. The molecule has 0 spiro atoms. The fourth-order valence-electron chi connectivity index (χ4n) is 1.60. The molecule has 22 heavy (non-hydrogen) atoms. The van der Waals surface area contributed by atoms with E-state index in [0.29, 0.717) is 16.5 Å². The topological polar surface area (TPSA) is 98.5 Å². The number of anilines is 1. The standard InChI is InChI=1S/C14H13ClN2O4S/c15-10-1-7-13(8-2-10)22(19,20)17-11-3-5-12(6-4-11)21-9-14(16)18/h1-8,17H,9H2,(H2,16,18). The molecule has 0 bridgehead atoms. The van der Waals surface area contributed by atoms with Crippen LogP contribution >= 0.6 is 11.6 Å². The number of carbonyl (C=O) groups is 1. The van der Waals surface area contributed by atoms with Crippen LogP contribution in [0.1, 0.15) is 0 Å². The van der Waals surface area contributed by atoms with Crippen LogP contribution in [0.25, 0.3) is 0 Å². The Hall–Kier alpha value is -2.25. The minimum atomic E-state index is -3.69. The van der Waals surface area contributed by atoms with E-state index in [0.717, 1.165) is 0 Å². The molecule has 8 heteroatoms. The number of nitrogens with one attached hydrogen (secondary N) is 1. The summed E-state index contributed by atoms with van der Waals surface area (Å²) < 4.78 is 31.8. The highest BCUT2D eigenvalue weighted by Crippen LogP contribution is 2.20. The van der Waals surface area contributed by atoms with Crippen molar-refractivity contribution < 1.29 is 17.9 Å². The largest absolute Gasteiger partial charge is 0.484 e. The van der Waals surface area contributed by atoms with Gasteiger partial charge in [0.15, 0.2) is 6.61 Å². The lowest BCUT2D eigenvalue weighted by molar-refractivity contribution is -0.119. The van der Waals surface area contributed by atoms with Crippen LogP contribution in [0.5, 0.6) is 5.75 Å². The van der Waals surface area contributed by atoms with Gasteiger partial charge in [-0.05, 0) is 48.5 Å². The summed E-state index contributed by atoms with van der Waals surface area (Å²) in [5, 5.41) is 0.454. The number of carbonyl (C=O) groups excluding carboxylic acids is 1. The smallest absolute Gasteiger partial charge is 0.261 e. The Balaban J connectivity index is 2.09. The fourth-order valence-corrected chi connectivity index (χ4v) is 2.79. The Bertz CT molecular complexity index is 758. The lowest BCUT2D eigenvalue weighted by atomic mass is 10.3. The molecular formula is C14H13ClN2O4S. The van der Waals surface area contributed by atoms with Crippen molar-refractivity contribution in [2.45, 2.75) is 4.90 Å². The summed E-state index contributed by atoms with van der Waals surface area (Å²) in [5.41, 5.74) is 5.33. The second-order valence-corrected chi connectivity index (χ2v) is 6.46. The van der Waals surface area contributed by atoms with Crippen LogP contribution in [-0.4, -0.2) is 20.9 Å². The zero-order valence-corrected chi connectivity index (χ0v) is 12.9. The van der Waals surface area contributed by atoms with E-state index in [4.69, 9.17) is 22.1 Å². The summed E-state index contributed by atoms with van der Waals surface area (Å²) in [4.78, 5) is 10.7. The molecule has 0 saturated heterocycles. The number of nitrogens with two attached hydrogens (primary N) is 1. The van der Waals surface area contributed by atoms with Crippen molar-refractivity contribution in [2.24, 2.45) is 5.73 Å². The van der Waals surface area contributed by atoms with E-state index in [2.05, 4.69) is 4.72 Å². The molecule has 0 radical (unpaired) electrons. The molecule has 0 saturated carbocycles. The third-order valence-electron chi connectivity index (χ3n) is 2.61. The molecule has 0 aliphatic heterocycles. The van der Waals surface area contributed by atoms with Crippen LogP contribution in [0.4, 0.5) is 5.69 Å². The maximum absolute atomic E-state index is 12.2. The number of halogens is 1. The van der Waals surface area contributed by atoms with E-state index < -0.39 is 15.9 Å². The highest BCUT2D eigenvalue weighted by atomic mass is 35.5. The van der Waals surface area contributed by atoms with Gasteiger partial charge in [0, 0.05) is 10.7 Å². The van der Waals surface area contributed by atoms with Crippen LogP contribution in [0.3, 0.4) is 0 Å². The second kappa shape index (κ2) is 6.67. The Morgan fingerprint density at radius 2 is 1.68 bits per heavy atom. The van der Waals surface area contributed by atoms with Crippen LogP contribution in [0, 0.1) is 0 Å². The first-order valence-electron chi connectivity index (χ1n) is 6.16. The van der Waals surface area contributed by atoms with Crippen molar-refractivity contribution in [3.63, 3.8) is 0 Å². The Morgan fingerprint density at radius 3 is 2.23 bits per heavy atom. The number of ether oxygens (including phenoxy) is 1. The molecule has 0 aromatic heterocycles. The van der Waals surface area contributed by atoms with Crippen LogP contribution in [0.15, 0.2) is 53.4 Å². The molecule has 2 rings (SSSR count). The quantitative estimate of drug-likeness (QED) is 0.840. The van der Waals surface area contributed by atoms with E-state index in [1.807, 2.05) is 0 Å². The maximum atomic E-state index is 12.2. The second-order valence-electron chi connectivity index (χ2n) is 4.34. The molecule has 116 valence electrons. The van der Waals surface area contributed by atoms with E-state index in [1.165, 1.54) is 48.5 Å². The minimum absolute atomic E-state index is 0.103. The van der Waals surface area contributed by atoms with Gasteiger partial charge in [-0.3, -0.25) is 9.52 Å². The van der Waals surface area contributed by atoms with E-state index in [1.54, 1.807) is 0 Å². The highest BCUT2D eigenvalue weighted by molar-refractivity contribution is 7.92. The number of primary amides is 1. The van der Waals surface area contributed by atoms with Crippen LogP contribution < -0.4 is 15.2 Å². The molecule has 1 amide bonds. The van der Waals surface area contributed by atoms with Crippen molar-refractivity contribution in [3.05, 3.63) is 53.6 Å². The molecule has 3 N–H and O–H groups in total. The van der Waals surface area contributed by atoms with Crippen LogP contribution in [0.2, 0.25) is 5.02 Å². The van der Waals surface area contributed by atoms with Gasteiger partial charge < -0.3 is 10.5 Å². The summed E-state index contributed by atoms with van der Waals surface area (Å²) in [6, 6.07) is 11.9. The minimum Gasteiger partial charge on any atom is -0.484 e. The van der Waals surface area contributed by atoms with Gasteiger partial charge in [-0.1, -0.05) is 11.6 Å². The predicted molar refractivity (Wildman–Crippen MR) is 83.4 cm³/mol. The molecule has 0 fully saturated rings. The third kappa shape index (κ3) is 4.37. The first-order valence-corrected chi connectivity index (χ1v) is 8.02. The van der Waals surface area contributed by atoms with Crippen molar-refractivity contribution in [1.29, 1.82) is 0 Å². The lowest BCUT2D eigenvalue weighted by Gasteiger charge is -2.09. The number of amides is 1. The summed E-state index contributed by atoms with van der Waals surface area (Å²) in [6.45, 7) is -0.240. The average molecular weight is 341 g/mol. The molecule has 6 nitrogen and oxygen atoms in total. The van der Waals surface area contributed by atoms with Crippen molar-refractivity contribution in [1.82, 2.24) is 0 Å². The van der Waals surface area contributed by atoms with Crippen LogP contribution in [-0.2, 0) is 14.8 Å². The summed E-state index contributed by atoms with van der Waals surface area (Å²) >= 11 is 5.73. The number of hydrogen-bond acceptors (Lipinski definition) is 4. The van der Waals surface area contributed by atoms with E-state index >= 15 is 0 Å². The van der Waals surface area contributed by atoms with Gasteiger partial charge in [-0.25, -0.2) is 8.42 Å². The molecule has 0 atom stereocenters. The van der Waals surface area contributed by atoms with Gasteiger partial charge >= 0.3 is 0 Å². The van der Waals surface area contributed by atoms with Crippen molar-refractivity contribution >= 4 is 33.2 Å². The summed E-state index contributed by atoms with van der Waals surface area (Å²) in [5.74, 6) is -0.180. The van der Waals surface area contributed by atoms with E-state index in [-0.39, 0.29) is 11.5 Å². The SMILES string of the molecule is NC(=O)COc1ccc(NS(=O)(=O)c2ccc(Cl)cc2)cc1. The number of rotatable bonds is 6. The monoisotopic (exact) mass is 340 g/mol. The Kier molecular flexibility index (Phi) is 4.89. The Labute approximate surface area is 132 Å².